The van der Waals surface area contributed by atoms with E-state index in [1.165, 1.54) is 24.1 Å². The molecule has 1 saturated heterocycles. The lowest BCUT2D eigenvalue weighted by atomic mass is 10.0. The third kappa shape index (κ3) is 4.22. The van der Waals surface area contributed by atoms with Gasteiger partial charge in [-0.3, -0.25) is 0 Å². The topological polar surface area (TPSA) is 24.5 Å². The van der Waals surface area contributed by atoms with E-state index in [1.54, 1.807) is 7.11 Å². The number of nitrogens with zero attached hydrogens (tertiary/aromatic N) is 1. The van der Waals surface area contributed by atoms with Gasteiger partial charge >= 0.3 is 0 Å². The lowest BCUT2D eigenvalue weighted by Crippen LogP contribution is -2.43. The molecule has 0 bridgehead atoms. The highest BCUT2D eigenvalue weighted by Crippen LogP contribution is 2.20. The van der Waals surface area contributed by atoms with Crippen molar-refractivity contribution in [3.63, 3.8) is 0 Å². The number of benzene rings is 1. The van der Waals surface area contributed by atoms with E-state index in [-0.39, 0.29) is 0 Å². The molecule has 0 aromatic heterocycles. The van der Waals surface area contributed by atoms with Crippen molar-refractivity contribution in [2.75, 3.05) is 31.6 Å². The molecule has 0 saturated carbocycles. The lowest BCUT2D eigenvalue weighted by molar-refractivity contribution is 0.185. The molecule has 20 heavy (non-hydrogen) atoms. The molecule has 1 aliphatic rings. The predicted octanol–water partition coefficient (Wildman–Crippen LogP) is 3.05. The van der Waals surface area contributed by atoms with Crippen LogP contribution in [0.3, 0.4) is 0 Å². The Kier molecular flexibility index (Phi) is 5.86. The minimum Gasteiger partial charge on any atom is -0.380 e. The molecule has 1 aromatic rings. The van der Waals surface area contributed by atoms with Crippen molar-refractivity contribution in [1.82, 2.24) is 5.32 Å². The van der Waals surface area contributed by atoms with Crippen LogP contribution in [0.5, 0.6) is 0 Å². The van der Waals surface area contributed by atoms with Crippen LogP contribution in [0.25, 0.3) is 0 Å². The van der Waals surface area contributed by atoms with E-state index in [0.717, 1.165) is 19.6 Å². The second kappa shape index (κ2) is 7.65. The molecule has 1 N–H and O–H groups in total. The summed E-state index contributed by atoms with van der Waals surface area (Å²) >= 11 is 0. The third-order valence-electron chi connectivity index (χ3n) is 4.11. The Labute approximate surface area is 123 Å². The van der Waals surface area contributed by atoms with E-state index >= 15 is 0 Å². The molecule has 0 amide bonds. The summed E-state index contributed by atoms with van der Waals surface area (Å²) in [7, 11) is 1.75. The summed E-state index contributed by atoms with van der Waals surface area (Å²) in [4.78, 5) is 2.54. The Morgan fingerprint density at radius 1 is 1.40 bits per heavy atom. The van der Waals surface area contributed by atoms with Crippen LogP contribution in [0.1, 0.15) is 32.3 Å². The minimum absolute atomic E-state index is 0.655. The number of ether oxygens (including phenoxy) is 1. The zero-order valence-electron chi connectivity index (χ0n) is 13.1. The Balaban J connectivity index is 2.10. The van der Waals surface area contributed by atoms with Crippen LogP contribution in [0.15, 0.2) is 24.3 Å². The molecule has 2 atom stereocenters. The van der Waals surface area contributed by atoms with Gasteiger partial charge in [0.2, 0.25) is 0 Å². The van der Waals surface area contributed by atoms with E-state index in [2.05, 4.69) is 48.3 Å². The molecule has 2 rings (SSSR count). The Bertz CT molecular complexity index is 408. The van der Waals surface area contributed by atoms with Crippen molar-refractivity contribution in [3.05, 3.63) is 29.8 Å². The van der Waals surface area contributed by atoms with Crippen molar-refractivity contribution in [3.8, 4) is 0 Å². The van der Waals surface area contributed by atoms with Gasteiger partial charge in [-0.2, -0.15) is 0 Å². The lowest BCUT2D eigenvalue weighted by Gasteiger charge is -2.33. The molecule has 1 fully saturated rings. The van der Waals surface area contributed by atoms with E-state index in [1.807, 2.05) is 0 Å². The predicted molar refractivity (Wildman–Crippen MR) is 85.2 cm³/mol. The van der Waals surface area contributed by atoms with Gasteiger partial charge in [0, 0.05) is 31.9 Å². The smallest absolute Gasteiger partial charge is 0.0713 e. The fraction of sp³-hybridized carbons (Fsp3) is 0.647. The third-order valence-corrected chi connectivity index (χ3v) is 4.11. The van der Waals surface area contributed by atoms with Crippen LogP contribution >= 0.6 is 0 Å². The first-order chi connectivity index (χ1) is 9.72. The summed E-state index contributed by atoms with van der Waals surface area (Å²) in [5, 5.41) is 3.68. The molecule has 1 heterocycles. The summed E-state index contributed by atoms with van der Waals surface area (Å²) in [6.07, 6.45) is 2.43. The molecule has 0 aliphatic carbocycles. The van der Waals surface area contributed by atoms with Crippen LogP contribution < -0.4 is 10.2 Å². The zero-order chi connectivity index (χ0) is 14.4. The fourth-order valence-corrected chi connectivity index (χ4v) is 2.91. The number of hydrogen-bond acceptors (Lipinski definition) is 3. The van der Waals surface area contributed by atoms with Crippen molar-refractivity contribution in [2.24, 2.45) is 5.92 Å². The first-order valence-electron chi connectivity index (χ1n) is 7.79. The average Bonchev–Trinajstić information content (AvgIpc) is 2.44. The second-order valence-electron chi connectivity index (χ2n) is 5.96. The maximum atomic E-state index is 5.24. The number of hydrogen-bond donors (Lipinski definition) is 1. The van der Waals surface area contributed by atoms with Crippen molar-refractivity contribution in [2.45, 2.75) is 39.3 Å². The quantitative estimate of drug-likeness (QED) is 0.915. The normalized spacial score (nSPS) is 24.2. The molecule has 3 heteroatoms. The average molecular weight is 276 g/mol. The van der Waals surface area contributed by atoms with Gasteiger partial charge in [-0.25, -0.2) is 0 Å². The Morgan fingerprint density at radius 2 is 2.25 bits per heavy atom. The Morgan fingerprint density at radius 3 is 3.00 bits per heavy atom. The molecule has 1 aromatic carbocycles. The molecule has 1 aliphatic heterocycles. The fourth-order valence-electron chi connectivity index (χ4n) is 2.91. The van der Waals surface area contributed by atoms with Gasteiger partial charge in [-0.15, -0.1) is 0 Å². The molecule has 0 radical (unpaired) electrons. The van der Waals surface area contributed by atoms with Crippen molar-refractivity contribution >= 4 is 5.69 Å². The molecule has 3 nitrogen and oxygen atoms in total. The van der Waals surface area contributed by atoms with E-state index in [9.17, 15) is 0 Å². The molecule has 2 unspecified atom stereocenters. The SMILES string of the molecule is CCC1CCN(c2cccc(COC)c2)CC(C)CN1. The van der Waals surface area contributed by atoms with Crippen LogP contribution in [-0.4, -0.2) is 32.8 Å². The summed E-state index contributed by atoms with van der Waals surface area (Å²) in [5.41, 5.74) is 2.59. The standard InChI is InChI=1S/C17H28N2O/c1-4-16-8-9-19(12-14(2)11-18-16)17-7-5-6-15(10-17)13-20-3/h5-7,10,14,16,18H,4,8-9,11-13H2,1-3H3. The van der Waals surface area contributed by atoms with Gasteiger partial charge < -0.3 is 15.0 Å². The number of nitrogens with one attached hydrogen (secondary N) is 1. The number of anilines is 1. The first kappa shape index (κ1) is 15.3. The zero-order valence-corrected chi connectivity index (χ0v) is 13.1. The van der Waals surface area contributed by atoms with Crippen molar-refractivity contribution < 1.29 is 4.74 Å². The second-order valence-corrected chi connectivity index (χ2v) is 5.96. The molecular formula is C17H28N2O. The van der Waals surface area contributed by atoms with Gasteiger partial charge in [-0.05, 0) is 43.0 Å². The number of rotatable bonds is 4. The van der Waals surface area contributed by atoms with E-state index in [4.69, 9.17) is 4.74 Å². The van der Waals surface area contributed by atoms with Crippen LogP contribution in [-0.2, 0) is 11.3 Å². The maximum absolute atomic E-state index is 5.24. The van der Waals surface area contributed by atoms with Crippen LogP contribution in [0.4, 0.5) is 5.69 Å². The molecular weight excluding hydrogens is 248 g/mol. The van der Waals surface area contributed by atoms with E-state index < -0.39 is 0 Å². The highest BCUT2D eigenvalue weighted by Gasteiger charge is 2.18. The highest BCUT2D eigenvalue weighted by atomic mass is 16.5. The van der Waals surface area contributed by atoms with Gasteiger partial charge in [-0.1, -0.05) is 26.0 Å². The van der Waals surface area contributed by atoms with Crippen molar-refractivity contribution in [1.29, 1.82) is 0 Å². The monoisotopic (exact) mass is 276 g/mol. The van der Waals surface area contributed by atoms with Crippen LogP contribution in [0.2, 0.25) is 0 Å². The summed E-state index contributed by atoms with van der Waals surface area (Å²) in [6, 6.07) is 9.43. The summed E-state index contributed by atoms with van der Waals surface area (Å²) in [6.45, 7) is 8.67. The Hall–Kier alpha value is -1.06. The van der Waals surface area contributed by atoms with Gasteiger partial charge in [0.25, 0.3) is 0 Å². The van der Waals surface area contributed by atoms with E-state index in [0.29, 0.717) is 18.6 Å². The van der Waals surface area contributed by atoms with Gasteiger partial charge in [0.15, 0.2) is 0 Å². The van der Waals surface area contributed by atoms with Gasteiger partial charge in [0.05, 0.1) is 6.61 Å². The highest BCUT2D eigenvalue weighted by molar-refractivity contribution is 5.48. The first-order valence-corrected chi connectivity index (χ1v) is 7.79. The largest absolute Gasteiger partial charge is 0.380 e. The van der Waals surface area contributed by atoms with Crippen LogP contribution in [0, 0.1) is 5.92 Å². The molecule has 0 spiro atoms. The maximum Gasteiger partial charge on any atom is 0.0713 e. The minimum atomic E-state index is 0.655. The number of methoxy groups -OCH3 is 1. The summed E-state index contributed by atoms with van der Waals surface area (Å²) < 4.78 is 5.24. The van der Waals surface area contributed by atoms with Gasteiger partial charge in [0.1, 0.15) is 0 Å². The molecule has 112 valence electrons. The summed E-state index contributed by atoms with van der Waals surface area (Å²) in [5.74, 6) is 0.676.